The largest absolute Gasteiger partial charge is 0.454 e. The number of fused-ring (bicyclic) bond motifs is 1. The van der Waals surface area contributed by atoms with Crippen LogP contribution in [0.15, 0.2) is 67.0 Å². The van der Waals surface area contributed by atoms with Crippen molar-refractivity contribution in [2.24, 2.45) is 0 Å². The van der Waals surface area contributed by atoms with Crippen LogP contribution < -0.4 is 9.47 Å². The van der Waals surface area contributed by atoms with E-state index in [1.165, 1.54) is 18.2 Å². The Labute approximate surface area is 154 Å². The van der Waals surface area contributed by atoms with E-state index in [2.05, 4.69) is 0 Å². The number of carbonyl (C=O) groups excluding carboxylic acids is 1. The van der Waals surface area contributed by atoms with Crippen LogP contribution in [0.2, 0.25) is 0 Å². The van der Waals surface area contributed by atoms with Gasteiger partial charge in [0, 0.05) is 36.2 Å². The van der Waals surface area contributed by atoms with Crippen molar-refractivity contribution in [2.45, 2.75) is 0 Å². The Hall–Kier alpha value is -3.87. The summed E-state index contributed by atoms with van der Waals surface area (Å²) in [7, 11) is 0. The summed E-state index contributed by atoms with van der Waals surface area (Å²) in [4.78, 5) is 23.1. The third kappa shape index (κ3) is 3.30. The molecule has 0 saturated carbocycles. The fourth-order valence-corrected chi connectivity index (χ4v) is 2.81. The molecule has 134 valence electrons. The van der Waals surface area contributed by atoms with Gasteiger partial charge >= 0.3 is 0 Å². The summed E-state index contributed by atoms with van der Waals surface area (Å²) in [6.45, 7) is 0.122. The second-order valence-corrected chi connectivity index (χ2v) is 5.86. The zero-order chi connectivity index (χ0) is 18.8. The van der Waals surface area contributed by atoms with Crippen LogP contribution in [0.1, 0.15) is 15.9 Å². The van der Waals surface area contributed by atoms with Crippen LogP contribution in [0.3, 0.4) is 0 Å². The lowest BCUT2D eigenvalue weighted by atomic mass is 10.1. The van der Waals surface area contributed by atoms with Crippen LogP contribution in [-0.4, -0.2) is 22.1 Å². The lowest BCUT2D eigenvalue weighted by molar-refractivity contribution is -0.384. The van der Waals surface area contributed by atoms with Crippen molar-refractivity contribution >= 4 is 17.5 Å². The van der Waals surface area contributed by atoms with Crippen molar-refractivity contribution in [3.8, 4) is 17.2 Å². The fourth-order valence-electron chi connectivity index (χ4n) is 2.81. The van der Waals surface area contributed by atoms with Gasteiger partial charge in [-0.15, -0.1) is 0 Å². The average molecular weight is 362 g/mol. The molecule has 0 aliphatic carbocycles. The molecule has 2 aromatic carbocycles. The maximum absolute atomic E-state index is 12.8. The topological polar surface area (TPSA) is 83.6 Å². The number of nitrogens with zero attached hydrogens (tertiary/aromatic N) is 2. The number of carbonyl (C=O) groups is 1. The molecule has 0 saturated heterocycles. The molecule has 27 heavy (non-hydrogen) atoms. The van der Waals surface area contributed by atoms with E-state index in [9.17, 15) is 14.9 Å². The van der Waals surface area contributed by atoms with Gasteiger partial charge in [0.25, 0.3) is 5.69 Å². The van der Waals surface area contributed by atoms with Crippen LogP contribution in [-0.2, 0) is 0 Å². The minimum Gasteiger partial charge on any atom is -0.454 e. The summed E-state index contributed by atoms with van der Waals surface area (Å²) in [5.41, 5.74) is 1.84. The number of nitro groups is 1. The molecule has 0 fully saturated rings. The number of hydrogen-bond acceptors (Lipinski definition) is 5. The molecular weight excluding hydrogens is 348 g/mol. The number of rotatable bonds is 5. The molecule has 2 heterocycles. The van der Waals surface area contributed by atoms with Gasteiger partial charge in [-0.05, 0) is 42.0 Å². The van der Waals surface area contributed by atoms with E-state index in [-0.39, 0.29) is 18.3 Å². The van der Waals surface area contributed by atoms with Gasteiger partial charge in [-0.25, -0.2) is 0 Å². The second kappa shape index (κ2) is 6.80. The normalized spacial score (nSPS) is 12.4. The summed E-state index contributed by atoms with van der Waals surface area (Å²) in [5, 5.41) is 10.7. The monoisotopic (exact) mass is 362 g/mol. The Morgan fingerprint density at radius 3 is 2.41 bits per heavy atom. The molecule has 0 spiro atoms. The Morgan fingerprint density at radius 1 is 1.07 bits per heavy atom. The standard InChI is InChI=1S/C20H14N2O5/c23-18(8-5-14-3-6-15(7-4-14)22(24)25)16-11-19-20(27-13-26-19)12-17(16)21-9-1-2-10-21/h1-12H,13H2/b8-5+. The highest BCUT2D eigenvalue weighted by molar-refractivity contribution is 6.09. The zero-order valence-corrected chi connectivity index (χ0v) is 14.1. The predicted molar refractivity (Wildman–Crippen MR) is 98.4 cm³/mol. The zero-order valence-electron chi connectivity index (χ0n) is 14.1. The molecule has 1 aromatic heterocycles. The van der Waals surface area contributed by atoms with Gasteiger partial charge in [-0.2, -0.15) is 0 Å². The summed E-state index contributed by atoms with van der Waals surface area (Å²) in [5.74, 6) is 0.906. The predicted octanol–water partition coefficient (Wildman–Crippen LogP) is 4.01. The summed E-state index contributed by atoms with van der Waals surface area (Å²) >= 11 is 0. The van der Waals surface area contributed by atoms with Crippen LogP contribution in [0.4, 0.5) is 5.69 Å². The lowest BCUT2D eigenvalue weighted by Crippen LogP contribution is -2.03. The van der Waals surface area contributed by atoms with Gasteiger partial charge in [0.2, 0.25) is 6.79 Å². The fraction of sp³-hybridized carbons (Fsp3) is 0.0500. The number of allylic oxidation sites excluding steroid dienone is 1. The first kappa shape index (κ1) is 16.6. The quantitative estimate of drug-likeness (QED) is 0.296. The molecule has 0 unspecified atom stereocenters. The first-order chi connectivity index (χ1) is 13.1. The van der Waals surface area contributed by atoms with E-state index in [4.69, 9.17) is 9.47 Å². The van der Waals surface area contributed by atoms with Crippen LogP contribution in [0, 0.1) is 10.1 Å². The Kier molecular flexibility index (Phi) is 4.18. The van der Waals surface area contributed by atoms with E-state index >= 15 is 0 Å². The van der Waals surface area contributed by atoms with Crippen LogP contribution >= 0.6 is 0 Å². The Morgan fingerprint density at radius 2 is 1.74 bits per heavy atom. The SMILES string of the molecule is O=C(/C=C/c1ccc([N+](=O)[O-])cc1)c1cc2c(cc1-n1cccc1)OCO2. The molecule has 4 rings (SSSR count). The molecule has 0 amide bonds. The van der Waals surface area contributed by atoms with Crippen LogP contribution in [0.25, 0.3) is 11.8 Å². The second-order valence-electron chi connectivity index (χ2n) is 5.86. The van der Waals surface area contributed by atoms with Crippen molar-refractivity contribution in [1.29, 1.82) is 0 Å². The number of nitro benzene ring substituents is 1. The Bertz CT molecular complexity index is 1040. The third-order valence-corrected chi connectivity index (χ3v) is 4.17. The number of non-ortho nitro benzene ring substituents is 1. The van der Waals surface area contributed by atoms with Crippen LogP contribution in [0.5, 0.6) is 11.5 Å². The highest BCUT2D eigenvalue weighted by Crippen LogP contribution is 2.36. The lowest BCUT2D eigenvalue weighted by Gasteiger charge is -2.10. The molecule has 7 nitrogen and oxygen atoms in total. The molecule has 0 bridgehead atoms. The van der Waals surface area contributed by atoms with E-state index < -0.39 is 4.92 Å². The van der Waals surface area contributed by atoms with E-state index in [1.807, 2.05) is 29.1 Å². The molecule has 0 radical (unpaired) electrons. The van der Waals surface area contributed by atoms with E-state index in [1.54, 1.807) is 30.3 Å². The minimum atomic E-state index is -0.464. The van der Waals surface area contributed by atoms with Gasteiger partial charge < -0.3 is 14.0 Å². The van der Waals surface area contributed by atoms with Crippen molar-refractivity contribution in [1.82, 2.24) is 4.57 Å². The highest BCUT2D eigenvalue weighted by atomic mass is 16.7. The first-order valence-corrected chi connectivity index (χ1v) is 8.16. The maximum atomic E-state index is 12.8. The number of ketones is 1. The molecule has 0 N–H and O–H groups in total. The molecular formula is C20H14N2O5. The van der Waals surface area contributed by atoms with Crippen molar-refractivity contribution < 1.29 is 19.2 Å². The third-order valence-electron chi connectivity index (χ3n) is 4.17. The number of ether oxygens (including phenoxy) is 2. The molecule has 0 atom stereocenters. The summed E-state index contributed by atoms with van der Waals surface area (Å²) in [6, 6.07) is 13.2. The first-order valence-electron chi connectivity index (χ1n) is 8.16. The Balaban J connectivity index is 1.66. The molecule has 7 heteroatoms. The van der Waals surface area contributed by atoms with Crippen molar-refractivity contribution in [2.75, 3.05) is 6.79 Å². The van der Waals surface area contributed by atoms with Gasteiger partial charge in [-0.3, -0.25) is 14.9 Å². The minimum absolute atomic E-state index is 0.00383. The van der Waals surface area contributed by atoms with Crippen molar-refractivity contribution in [3.63, 3.8) is 0 Å². The van der Waals surface area contributed by atoms with Gasteiger partial charge in [0.05, 0.1) is 10.6 Å². The van der Waals surface area contributed by atoms with E-state index in [0.29, 0.717) is 28.3 Å². The number of benzene rings is 2. The maximum Gasteiger partial charge on any atom is 0.269 e. The van der Waals surface area contributed by atoms with Crippen molar-refractivity contribution in [3.05, 3.63) is 88.2 Å². The number of aromatic nitrogens is 1. The molecule has 1 aliphatic rings. The smallest absolute Gasteiger partial charge is 0.269 e. The summed E-state index contributed by atoms with van der Waals surface area (Å²) < 4.78 is 12.6. The highest BCUT2D eigenvalue weighted by Gasteiger charge is 2.20. The molecule has 3 aromatic rings. The van der Waals surface area contributed by atoms with E-state index in [0.717, 1.165) is 0 Å². The average Bonchev–Trinajstić information content (AvgIpc) is 3.36. The number of hydrogen-bond donors (Lipinski definition) is 0. The molecule has 1 aliphatic heterocycles. The van der Waals surface area contributed by atoms with Gasteiger partial charge in [0.15, 0.2) is 17.3 Å². The van der Waals surface area contributed by atoms with Gasteiger partial charge in [0.1, 0.15) is 0 Å². The van der Waals surface area contributed by atoms with Gasteiger partial charge in [-0.1, -0.05) is 6.08 Å². The summed E-state index contributed by atoms with van der Waals surface area (Å²) in [6.07, 6.45) is 6.74.